The molecule has 0 aromatic heterocycles. The number of rotatable bonds is 7. The van der Waals surface area contributed by atoms with Crippen LogP contribution >= 0.6 is 0 Å². The Kier molecular flexibility index (Phi) is 6.46. The van der Waals surface area contributed by atoms with E-state index in [2.05, 4.69) is 39.5 Å². The summed E-state index contributed by atoms with van der Waals surface area (Å²) in [5, 5.41) is 10.7. The summed E-state index contributed by atoms with van der Waals surface area (Å²) >= 11 is 0. The molecular formula is C21H35NO2. The minimum absolute atomic E-state index is 0.00833. The molecule has 3 nitrogen and oxygen atoms in total. The zero-order valence-corrected chi connectivity index (χ0v) is 16.1. The first-order valence-corrected chi connectivity index (χ1v) is 9.38. The molecule has 1 saturated heterocycles. The molecule has 0 bridgehead atoms. The average Bonchev–Trinajstić information content (AvgIpc) is 2.51. The maximum atomic E-state index is 10.7. The molecule has 0 amide bonds. The lowest BCUT2D eigenvalue weighted by Crippen LogP contribution is -2.63. The molecule has 1 aliphatic heterocycles. The smallest absolute Gasteiger partial charge is 0.0917 e. The van der Waals surface area contributed by atoms with Crippen LogP contribution < -0.4 is 0 Å². The van der Waals surface area contributed by atoms with Crippen LogP contribution in [0.3, 0.4) is 0 Å². The molecule has 1 aromatic rings. The maximum Gasteiger partial charge on any atom is 0.0917 e. The zero-order chi connectivity index (χ0) is 17.8. The van der Waals surface area contributed by atoms with E-state index >= 15 is 0 Å². The topological polar surface area (TPSA) is 32.7 Å². The molecule has 136 valence electrons. The Bertz CT molecular complexity index is 480. The molecule has 1 unspecified atom stereocenters. The molecular weight excluding hydrogens is 298 g/mol. The van der Waals surface area contributed by atoms with Gasteiger partial charge in [0, 0.05) is 24.2 Å². The first-order valence-electron chi connectivity index (χ1n) is 9.38. The van der Waals surface area contributed by atoms with Crippen LogP contribution in [0.1, 0.15) is 72.0 Å². The number of benzene rings is 1. The van der Waals surface area contributed by atoms with Crippen LogP contribution in [-0.2, 0) is 4.74 Å². The number of hydrogen-bond donors (Lipinski definition) is 1. The minimum Gasteiger partial charge on any atom is -0.387 e. The molecule has 1 atom stereocenters. The van der Waals surface area contributed by atoms with Crippen LogP contribution in [0.15, 0.2) is 30.3 Å². The first-order chi connectivity index (χ1) is 11.3. The van der Waals surface area contributed by atoms with Gasteiger partial charge in [0.05, 0.1) is 12.2 Å². The first kappa shape index (κ1) is 19.4. The van der Waals surface area contributed by atoms with E-state index in [-0.39, 0.29) is 11.1 Å². The highest BCUT2D eigenvalue weighted by molar-refractivity contribution is 5.18. The van der Waals surface area contributed by atoms with Crippen molar-refractivity contribution in [1.82, 2.24) is 4.90 Å². The third-order valence-corrected chi connectivity index (χ3v) is 5.31. The second kappa shape index (κ2) is 7.99. The van der Waals surface area contributed by atoms with Crippen LogP contribution in [0.2, 0.25) is 0 Å². The van der Waals surface area contributed by atoms with Crippen LogP contribution in [0, 0.1) is 0 Å². The van der Waals surface area contributed by atoms with Crippen molar-refractivity contribution in [3.05, 3.63) is 35.9 Å². The van der Waals surface area contributed by atoms with E-state index in [4.69, 9.17) is 4.74 Å². The van der Waals surface area contributed by atoms with E-state index in [1.807, 2.05) is 30.3 Å². The summed E-state index contributed by atoms with van der Waals surface area (Å²) in [7, 11) is 0. The Morgan fingerprint density at radius 2 is 1.71 bits per heavy atom. The van der Waals surface area contributed by atoms with E-state index < -0.39 is 6.10 Å². The Hall–Kier alpha value is -0.900. The molecule has 3 heteroatoms. The Morgan fingerprint density at radius 3 is 2.25 bits per heavy atom. The monoisotopic (exact) mass is 333 g/mol. The van der Waals surface area contributed by atoms with Crippen molar-refractivity contribution >= 4 is 0 Å². The van der Waals surface area contributed by atoms with Crippen LogP contribution in [0.4, 0.5) is 0 Å². The highest BCUT2D eigenvalue weighted by Crippen LogP contribution is 2.40. The predicted octanol–water partition coefficient (Wildman–Crippen LogP) is 4.56. The van der Waals surface area contributed by atoms with Crippen molar-refractivity contribution in [3.63, 3.8) is 0 Å². The molecule has 1 heterocycles. The van der Waals surface area contributed by atoms with Crippen LogP contribution in [0.5, 0.6) is 0 Å². The maximum absolute atomic E-state index is 10.7. The number of likely N-dealkylation sites (tertiary alicyclic amines) is 1. The Morgan fingerprint density at radius 1 is 1.12 bits per heavy atom. The summed E-state index contributed by atoms with van der Waals surface area (Å²) in [4.78, 5) is 2.47. The van der Waals surface area contributed by atoms with Crippen molar-refractivity contribution in [2.24, 2.45) is 0 Å². The third-order valence-electron chi connectivity index (χ3n) is 5.31. The van der Waals surface area contributed by atoms with Crippen LogP contribution in [-0.4, -0.2) is 40.3 Å². The minimum atomic E-state index is -0.456. The van der Waals surface area contributed by atoms with Gasteiger partial charge >= 0.3 is 0 Å². The summed E-state index contributed by atoms with van der Waals surface area (Å²) < 4.78 is 6.14. The predicted molar refractivity (Wildman–Crippen MR) is 100 cm³/mol. The van der Waals surface area contributed by atoms with Gasteiger partial charge < -0.3 is 9.84 Å². The van der Waals surface area contributed by atoms with Gasteiger partial charge in [0.2, 0.25) is 0 Å². The number of hydrogen-bond acceptors (Lipinski definition) is 3. The molecule has 24 heavy (non-hydrogen) atoms. The summed E-state index contributed by atoms with van der Waals surface area (Å²) in [6.07, 6.45) is 4.19. The second-order valence-electron chi connectivity index (χ2n) is 8.42. The van der Waals surface area contributed by atoms with Crippen LogP contribution in [0.25, 0.3) is 0 Å². The van der Waals surface area contributed by atoms with Crippen molar-refractivity contribution < 1.29 is 9.84 Å². The van der Waals surface area contributed by atoms with Crippen molar-refractivity contribution in [3.8, 4) is 0 Å². The summed E-state index contributed by atoms with van der Waals surface area (Å²) in [5.74, 6) is 0. The van der Waals surface area contributed by atoms with Crippen molar-refractivity contribution in [1.29, 1.82) is 0 Å². The van der Waals surface area contributed by atoms with Gasteiger partial charge in [-0.1, -0.05) is 43.7 Å². The highest BCUT2D eigenvalue weighted by atomic mass is 16.5. The number of unbranched alkanes of at least 4 members (excludes halogenated alkanes) is 1. The largest absolute Gasteiger partial charge is 0.387 e. The number of aliphatic hydroxyl groups excluding tert-OH is 1. The molecule has 0 saturated carbocycles. The van der Waals surface area contributed by atoms with Crippen molar-refractivity contribution in [2.45, 2.75) is 83.6 Å². The van der Waals surface area contributed by atoms with Gasteiger partial charge in [-0.05, 0) is 52.5 Å². The highest BCUT2D eigenvalue weighted by Gasteiger charge is 2.46. The number of β-amino-alcohol motifs (C(OH)–C–C–N with tert-alkyl or cyclic N) is 1. The lowest BCUT2D eigenvalue weighted by atomic mass is 9.77. The quantitative estimate of drug-likeness (QED) is 0.743. The average molecular weight is 334 g/mol. The lowest BCUT2D eigenvalue weighted by molar-refractivity contribution is -0.116. The summed E-state index contributed by atoms with van der Waals surface area (Å²) in [6.45, 7) is 12.8. The SMILES string of the molecule is CCCCOC1CC(C)(C)N(CC(O)c2ccccc2)C(C)(C)C1. The van der Waals surface area contributed by atoms with Crippen molar-refractivity contribution in [2.75, 3.05) is 13.2 Å². The fraction of sp³-hybridized carbons (Fsp3) is 0.714. The standard InChI is InChI=1S/C21H35NO2/c1-6-7-13-24-18-14-20(2,3)22(21(4,5)15-18)16-19(23)17-11-9-8-10-12-17/h8-12,18-19,23H,6-7,13-16H2,1-5H3. The van der Waals surface area contributed by atoms with Gasteiger partial charge in [0.15, 0.2) is 0 Å². The summed E-state index contributed by atoms with van der Waals surface area (Å²) in [5.41, 5.74) is 1.01. The van der Waals surface area contributed by atoms with Gasteiger partial charge in [-0.3, -0.25) is 4.90 Å². The fourth-order valence-corrected chi connectivity index (χ4v) is 4.19. The molecule has 0 aliphatic carbocycles. The summed E-state index contributed by atoms with van der Waals surface area (Å²) in [6, 6.07) is 9.98. The lowest BCUT2D eigenvalue weighted by Gasteiger charge is -2.55. The molecule has 1 N–H and O–H groups in total. The third kappa shape index (κ3) is 4.81. The van der Waals surface area contributed by atoms with E-state index in [0.29, 0.717) is 12.6 Å². The number of ether oxygens (including phenoxy) is 1. The number of aliphatic hydroxyl groups is 1. The number of nitrogens with zero attached hydrogens (tertiary/aromatic N) is 1. The molecule has 1 aliphatic rings. The molecule has 1 fully saturated rings. The van der Waals surface area contributed by atoms with E-state index in [1.54, 1.807) is 0 Å². The Balaban J connectivity index is 2.06. The van der Waals surface area contributed by atoms with E-state index in [1.165, 1.54) is 6.42 Å². The molecule has 0 radical (unpaired) electrons. The molecule has 1 aromatic carbocycles. The molecule has 2 rings (SSSR count). The van der Waals surface area contributed by atoms with Gasteiger partial charge in [0.25, 0.3) is 0 Å². The number of piperidine rings is 1. The van der Waals surface area contributed by atoms with Gasteiger partial charge in [-0.2, -0.15) is 0 Å². The zero-order valence-electron chi connectivity index (χ0n) is 16.1. The molecule has 0 spiro atoms. The fourth-order valence-electron chi connectivity index (χ4n) is 4.19. The van der Waals surface area contributed by atoms with Gasteiger partial charge in [0.1, 0.15) is 0 Å². The van der Waals surface area contributed by atoms with Gasteiger partial charge in [-0.25, -0.2) is 0 Å². The Labute approximate surface area is 148 Å². The van der Waals surface area contributed by atoms with E-state index in [9.17, 15) is 5.11 Å². The second-order valence-corrected chi connectivity index (χ2v) is 8.42. The van der Waals surface area contributed by atoms with E-state index in [0.717, 1.165) is 31.4 Å². The van der Waals surface area contributed by atoms with Gasteiger partial charge in [-0.15, -0.1) is 0 Å². The normalized spacial score (nSPS) is 22.4.